The lowest BCUT2D eigenvalue weighted by molar-refractivity contribution is 0.197. The van der Waals surface area contributed by atoms with Gasteiger partial charge in [0.25, 0.3) is 0 Å². The molecule has 0 radical (unpaired) electrons. The van der Waals surface area contributed by atoms with Gasteiger partial charge in [-0.05, 0) is 44.1 Å². The maximum Gasteiger partial charge on any atom is 0.166 e. The third kappa shape index (κ3) is 5.58. The molecule has 1 aliphatic heterocycles. The summed E-state index contributed by atoms with van der Waals surface area (Å²) in [6.45, 7) is 7.64. The van der Waals surface area contributed by atoms with E-state index in [4.69, 9.17) is 12.2 Å². The van der Waals surface area contributed by atoms with Crippen molar-refractivity contribution < 1.29 is 0 Å². The first-order valence-corrected chi connectivity index (χ1v) is 10.2. The summed E-state index contributed by atoms with van der Waals surface area (Å²) in [4.78, 5) is 5.04. The summed E-state index contributed by atoms with van der Waals surface area (Å²) in [6, 6.07) is 11.8. The summed E-state index contributed by atoms with van der Waals surface area (Å²) < 4.78 is 0. The van der Waals surface area contributed by atoms with Crippen molar-refractivity contribution >= 4 is 23.0 Å². The highest BCUT2D eigenvalue weighted by Crippen LogP contribution is 2.18. The Labute approximate surface area is 158 Å². The Morgan fingerprint density at radius 1 is 1.08 bits per heavy atom. The van der Waals surface area contributed by atoms with Crippen LogP contribution in [0, 0.1) is 0 Å². The van der Waals surface area contributed by atoms with Crippen molar-refractivity contribution in [3.63, 3.8) is 0 Å². The zero-order chi connectivity index (χ0) is 17.5. The molecule has 1 saturated carbocycles. The second kappa shape index (κ2) is 9.39. The maximum absolute atomic E-state index is 5.49. The fraction of sp³-hybridized carbons (Fsp3) is 0.650. The van der Waals surface area contributed by atoms with Crippen molar-refractivity contribution in [1.82, 2.24) is 15.5 Å². The molecule has 1 unspecified atom stereocenters. The second-order valence-electron chi connectivity index (χ2n) is 7.40. The number of nitrogens with zero attached hydrogens (tertiary/aromatic N) is 2. The van der Waals surface area contributed by atoms with Gasteiger partial charge in [0.15, 0.2) is 5.11 Å². The van der Waals surface area contributed by atoms with Gasteiger partial charge in [0, 0.05) is 50.5 Å². The van der Waals surface area contributed by atoms with Crippen molar-refractivity contribution in [2.24, 2.45) is 0 Å². The molecule has 0 amide bonds. The summed E-state index contributed by atoms with van der Waals surface area (Å²) in [5.74, 6) is 0. The molecule has 2 N–H and O–H groups in total. The summed E-state index contributed by atoms with van der Waals surface area (Å²) >= 11 is 5.49. The van der Waals surface area contributed by atoms with E-state index >= 15 is 0 Å². The number of thiocarbonyl (C=S) groups is 1. The molecule has 2 aliphatic rings. The monoisotopic (exact) mass is 360 g/mol. The van der Waals surface area contributed by atoms with Gasteiger partial charge in [-0.25, -0.2) is 0 Å². The summed E-state index contributed by atoms with van der Waals surface area (Å²) in [6.07, 6.45) is 6.58. The molecule has 138 valence electrons. The summed E-state index contributed by atoms with van der Waals surface area (Å²) in [7, 11) is 0. The van der Waals surface area contributed by atoms with Gasteiger partial charge in [0.05, 0.1) is 0 Å². The predicted molar refractivity (Wildman–Crippen MR) is 110 cm³/mol. The molecule has 1 heterocycles. The van der Waals surface area contributed by atoms with Gasteiger partial charge in [0.2, 0.25) is 0 Å². The third-order valence-electron chi connectivity index (χ3n) is 5.56. The highest BCUT2D eigenvalue weighted by atomic mass is 32.1. The molecule has 4 nitrogen and oxygen atoms in total. The molecule has 5 heteroatoms. The standard InChI is InChI=1S/C20H32N4S/c1-17(16-21-20(25)22-18-8-4-2-5-9-18)23-12-14-24(15-13-23)19-10-6-3-7-11-19/h3,6-7,10-11,17-18H,2,4-5,8-9,12-16H2,1H3,(H2,21,22,25). The molecular formula is C20H32N4S. The van der Waals surface area contributed by atoms with Crippen LogP contribution in [0.2, 0.25) is 0 Å². The first kappa shape index (κ1) is 18.5. The Balaban J connectivity index is 1.36. The second-order valence-corrected chi connectivity index (χ2v) is 7.81. The number of hydrogen-bond acceptors (Lipinski definition) is 3. The minimum Gasteiger partial charge on any atom is -0.369 e. The Morgan fingerprint density at radius 3 is 2.44 bits per heavy atom. The number of nitrogens with one attached hydrogen (secondary N) is 2. The van der Waals surface area contributed by atoms with Gasteiger partial charge in [-0.2, -0.15) is 0 Å². The summed E-state index contributed by atoms with van der Waals surface area (Å²) in [5, 5.41) is 7.77. The van der Waals surface area contributed by atoms with E-state index in [1.165, 1.54) is 37.8 Å². The van der Waals surface area contributed by atoms with E-state index in [2.05, 4.69) is 57.7 Å². The lowest BCUT2D eigenvalue weighted by Crippen LogP contribution is -2.53. The Morgan fingerprint density at radius 2 is 1.76 bits per heavy atom. The average molecular weight is 361 g/mol. The Kier molecular flexibility index (Phi) is 6.93. The first-order valence-electron chi connectivity index (χ1n) is 9.81. The van der Waals surface area contributed by atoms with E-state index in [0.717, 1.165) is 37.8 Å². The van der Waals surface area contributed by atoms with Crippen LogP contribution in [-0.4, -0.2) is 54.8 Å². The van der Waals surface area contributed by atoms with Crippen LogP contribution in [0.1, 0.15) is 39.0 Å². The fourth-order valence-electron chi connectivity index (χ4n) is 3.91. The molecule has 1 aromatic carbocycles. The molecule has 1 aliphatic carbocycles. The van der Waals surface area contributed by atoms with Crippen LogP contribution in [0.15, 0.2) is 30.3 Å². The number of benzene rings is 1. The molecule has 1 atom stereocenters. The van der Waals surface area contributed by atoms with Crippen LogP contribution in [0.25, 0.3) is 0 Å². The van der Waals surface area contributed by atoms with Gasteiger partial charge in [-0.3, -0.25) is 4.90 Å². The van der Waals surface area contributed by atoms with Crippen LogP contribution in [0.5, 0.6) is 0 Å². The van der Waals surface area contributed by atoms with Crippen LogP contribution in [0.3, 0.4) is 0 Å². The normalized spacial score (nSPS) is 20.9. The van der Waals surface area contributed by atoms with E-state index in [0.29, 0.717) is 12.1 Å². The molecular weight excluding hydrogens is 328 g/mol. The Hall–Kier alpha value is -1.33. The molecule has 3 rings (SSSR count). The maximum atomic E-state index is 5.49. The molecule has 0 bridgehead atoms. The van der Waals surface area contributed by atoms with E-state index < -0.39 is 0 Å². The zero-order valence-electron chi connectivity index (χ0n) is 15.4. The van der Waals surface area contributed by atoms with Crippen molar-refractivity contribution in [2.45, 2.75) is 51.1 Å². The van der Waals surface area contributed by atoms with E-state index in [9.17, 15) is 0 Å². The lowest BCUT2D eigenvalue weighted by atomic mass is 9.96. The average Bonchev–Trinajstić information content (AvgIpc) is 2.68. The van der Waals surface area contributed by atoms with Gasteiger partial charge in [-0.15, -0.1) is 0 Å². The number of piperazine rings is 1. The van der Waals surface area contributed by atoms with Crippen LogP contribution in [-0.2, 0) is 0 Å². The smallest absolute Gasteiger partial charge is 0.166 e. The zero-order valence-corrected chi connectivity index (χ0v) is 16.2. The third-order valence-corrected chi connectivity index (χ3v) is 5.82. The van der Waals surface area contributed by atoms with Crippen molar-refractivity contribution in [2.75, 3.05) is 37.6 Å². The largest absolute Gasteiger partial charge is 0.369 e. The van der Waals surface area contributed by atoms with E-state index in [-0.39, 0.29) is 0 Å². The van der Waals surface area contributed by atoms with Crippen molar-refractivity contribution in [3.8, 4) is 0 Å². The molecule has 0 aromatic heterocycles. The Bertz CT molecular complexity index is 522. The molecule has 1 aromatic rings. The quantitative estimate of drug-likeness (QED) is 0.789. The molecule has 2 fully saturated rings. The van der Waals surface area contributed by atoms with Gasteiger partial charge in [-0.1, -0.05) is 37.5 Å². The minimum atomic E-state index is 0.504. The molecule has 0 spiro atoms. The van der Waals surface area contributed by atoms with Gasteiger partial charge < -0.3 is 15.5 Å². The van der Waals surface area contributed by atoms with Crippen molar-refractivity contribution in [1.29, 1.82) is 0 Å². The number of rotatable bonds is 5. The topological polar surface area (TPSA) is 30.5 Å². The van der Waals surface area contributed by atoms with Crippen LogP contribution in [0.4, 0.5) is 5.69 Å². The number of hydrogen-bond donors (Lipinski definition) is 2. The van der Waals surface area contributed by atoms with Gasteiger partial charge in [0.1, 0.15) is 0 Å². The van der Waals surface area contributed by atoms with Crippen LogP contribution >= 0.6 is 12.2 Å². The van der Waals surface area contributed by atoms with E-state index in [1.807, 2.05) is 0 Å². The fourth-order valence-corrected chi connectivity index (χ4v) is 4.16. The van der Waals surface area contributed by atoms with E-state index in [1.54, 1.807) is 0 Å². The summed E-state index contributed by atoms with van der Waals surface area (Å²) in [5.41, 5.74) is 1.34. The lowest BCUT2D eigenvalue weighted by Gasteiger charge is -2.39. The highest BCUT2D eigenvalue weighted by Gasteiger charge is 2.21. The first-order chi connectivity index (χ1) is 12.2. The minimum absolute atomic E-state index is 0.504. The van der Waals surface area contributed by atoms with Crippen LogP contribution < -0.4 is 15.5 Å². The molecule has 25 heavy (non-hydrogen) atoms. The van der Waals surface area contributed by atoms with Gasteiger partial charge >= 0.3 is 0 Å². The number of para-hydroxylation sites is 1. The molecule has 1 saturated heterocycles. The highest BCUT2D eigenvalue weighted by molar-refractivity contribution is 7.80. The van der Waals surface area contributed by atoms with Crippen molar-refractivity contribution in [3.05, 3.63) is 30.3 Å². The predicted octanol–water partition coefficient (Wildman–Crippen LogP) is 2.99. The SMILES string of the molecule is CC(CNC(=S)NC1CCCCC1)N1CCN(c2ccccc2)CC1. The number of anilines is 1.